The van der Waals surface area contributed by atoms with Gasteiger partial charge in [0.05, 0.1) is 15.9 Å². The summed E-state index contributed by atoms with van der Waals surface area (Å²) in [5.74, 6) is 0.812. The number of para-hydroxylation sites is 2. The van der Waals surface area contributed by atoms with E-state index in [-0.39, 0.29) is 16.7 Å². The van der Waals surface area contributed by atoms with Crippen molar-refractivity contribution < 1.29 is 13.2 Å². The molecule has 0 spiro atoms. The molecule has 1 fully saturated rings. The van der Waals surface area contributed by atoms with Gasteiger partial charge in [-0.25, -0.2) is 18.5 Å². The van der Waals surface area contributed by atoms with Crippen molar-refractivity contribution in [3.05, 3.63) is 59.4 Å². The van der Waals surface area contributed by atoms with Gasteiger partial charge in [0, 0.05) is 24.6 Å². The van der Waals surface area contributed by atoms with Gasteiger partial charge in [-0.3, -0.25) is 4.79 Å². The molecule has 1 aromatic heterocycles. The highest BCUT2D eigenvalue weighted by molar-refractivity contribution is 7.89. The molecule has 7 nitrogen and oxygen atoms in total. The Bertz CT molecular complexity index is 1120. The minimum absolute atomic E-state index is 0.0100. The minimum Gasteiger partial charge on any atom is -0.342 e. The van der Waals surface area contributed by atoms with Gasteiger partial charge in [0.15, 0.2) is 0 Å². The number of nitrogens with two attached hydrogens (primary N) is 1. The molecule has 1 unspecified atom stereocenters. The summed E-state index contributed by atoms with van der Waals surface area (Å²) in [6, 6.07) is 12.5. The Morgan fingerprint density at radius 1 is 1.25 bits per heavy atom. The number of likely N-dealkylation sites (tertiary alicyclic amines) is 1. The highest BCUT2D eigenvalue weighted by Crippen LogP contribution is 2.28. The fraction of sp³-hybridized carbons (Fsp3) is 0.300. The van der Waals surface area contributed by atoms with Gasteiger partial charge in [0.2, 0.25) is 10.0 Å². The van der Waals surface area contributed by atoms with Crippen molar-refractivity contribution in [2.24, 2.45) is 5.14 Å². The molecule has 2 heterocycles. The lowest BCUT2D eigenvalue weighted by Gasteiger charge is -2.32. The number of rotatable bonds is 3. The Labute approximate surface area is 163 Å². The lowest BCUT2D eigenvalue weighted by molar-refractivity contribution is 0.0704. The predicted molar refractivity (Wildman–Crippen MR) is 107 cm³/mol. The van der Waals surface area contributed by atoms with Gasteiger partial charge in [-0.2, -0.15) is 0 Å². The molecule has 1 saturated heterocycles. The number of aromatic amines is 1. The second kappa shape index (κ2) is 7.03. The van der Waals surface area contributed by atoms with Crippen molar-refractivity contribution >= 4 is 27.0 Å². The van der Waals surface area contributed by atoms with Gasteiger partial charge in [-0.1, -0.05) is 18.2 Å². The van der Waals surface area contributed by atoms with Gasteiger partial charge in [-0.05, 0) is 49.6 Å². The zero-order valence-electron chi connectivity index (χ0n) is 15.6. The largest absolute Gasteiger partial charge is 0.342 e. The highest BCUT2D eigenvalue weighted by Gasteiger charge is 2.28. The fourth-order valence-electron chi connectivity index (χ4n) is 3.77. The van der Waals surface area contributed by atoms with Crippen LogP contribution in [0.15, 0.2) is 47.4 Å². The maximum absolute atomic E-state index is 13.0. The molecule has 28 heavy (non-hydrogen) atoms. The molecule has 3 N–H and O–H groups in total. The standard InChI is InChI=1S/C20H22N4O3S/c1-13-8-9-14(11-18(13)28(21,26)27)20(25)24-10-4-5-15(12-24)19-22-16-6-2-3-7-17(16)23-19/h2-3,6-9,11,15H,4-5,10,12H2,1H3,(H,22,23)(H2,21,26,27). The van der Waals surface area contributed by atoms with E-state index in [0.29, 0.717) is 24.2 Å². The van der Waals surface area contributed by atoms with Crippen LogP contribution in [-0.4, -0.2) is 42.3 Å². The quantitative estimate of drug-likeness (QED) is 0.706. The maximum Gasteiger partial charge on any atom is 0.253 e. The number of benzene rings is 2. The van der Waals surface area contributed by atoms with Crippen LogP contribution in [0.25, 0.3) is 11.0 Å². The van der Waals surface area contributed by atoms with Crippen LogP contribution in [0.4, 0.5) is 0 Å². The molecule has 1 aliphatic heterocycles. The van der Waals surface area contributed by atoms with Gasteiger partial charge in [0.1, 0.15) is 5.82 Å². The topological polar surface area (TPSA) is 109 Å². The first-order valence-corrected chi connectivity index (χ1v) is 10.7. The molecule has 146 valence electrons. The van der Waals surface area contributed by atoms with E-state index in [1.807, 2.05) is 24.3 Å². The Kier molecular flexibility index (Phi) is 4.68. The minimum atomic E-state index is -3.87. The normalized spacial score (nSPS) is 17.8. The molecule has 1 atom stereocenters. The second-order valence-corrected chi connectivity index (χ2v) is 8.78. The summed E-state index contributed by atoms with van der Waals surface area (Å²) in [4.78, 5) is 22.8. The summed E-state index contributed by atoms with van der Waals surface area (Å²) in [6.45, 7) is 2.83. The molecule has 0 radical (unpaired) electrons. The van der Waals surface area contributed by atoms with Crippen LogP contribution in [0.1, 0.15) is 40.5 Å². The first kappa shape index (κ1) is 18.6. The second-order valence-electron chi connectivity index (χ2n) is 7.25. The van der Waals surface area contributed by atoms with E-state index < -0.39 is 10.0 Å². The average molecular weight is 398 g/mol. The third-order valence-electron chi connectivity index (χ3n) is 5.24. The zero-order valence-corrected chi connectivity index (χ0v) is 16.4. The van der Waals surface area contributed by atoms with Gasteiger partial charge < -0.3 is 9.88 Å². The summed E-state index contributed by atoms with van der Waals surface area (Å²) in [5.41, 5.74) is 2.76. The van der Waals surface area contributed by atoms with Crippen LogP contribution in [0.2, 0.25) is 0 Å². The van der Waals surface area contributed by atoms with Crippen molar-refractivity contribution in [2.75, 3.05) is 13.1 Å². The number of aromatic nitrogens is 2. The van der Waals surface area contributed by atoms with Crippen LogP contribution < -0.4 is 5.14 Å². The molecule has 2 aromatic carbocycles. The summed E-state index contributed by atoms with van der Waals surface area (Å²) < 4.78 is 23.5. The van der Waals surface area contributed by atoms with Crippen LogP contribution >= 0.6 is 0 Å². The molecular formula is C20H22N4O3S. The van der Waals surface area contributed by atoms with E-state index in [0.717, 1.165) is 29.7 Å². The molecule has 3 aromatic rings. The van der Waals surface area contributed by atoms with E-state index >= 15 is 0 Å². The lowest BCUT2D eigenvalue weighted by Crippen LogP contribution is -2.39. The van der Waals surface area contributed by atoms with Crippen molar-refractivity contribution in [1.82, 2.24) is 14.9 Å². The van der Waals surface area contributed by atoms with Crippen LogP contribution in [0.5, 0.6) is 0 Å². The van der Waals surface area contributed by atoms with Gasteiger partial charge in [0.25, 0.3) is 5.91 Å². The van der Waals surface area contributed by atoms with Crippen LogP contribution in [0, 0.1) is 6.92 Å². The monoisotopic (exact) mass is 398 g/mol. The van der Waals surface area contributed by atoms with E-state index in [2.05, 4.69) is 9.97 Å². The SMILES string of the molecule is Cc1ccc(C(=O)N2CCCC(c3nc4ccccc4[nH]3)C2)cc1S(N)(=O)=O. The number of H-pyrrole nitrogens is 1. The maximum atomic E-state index is 13.0. The van der Waals surface area contributed by atoms with Crippen molar-refractivity contribution in [2.45, 2.75) is 30.6 Å². The first-order valence-electron chi connectivity index (χ1n) is 9.20. The fourth-order valence-corrected chi connectivity index (χ4v) is 4.58. The Morgan fingerprint density at radius 3 is 2.79 bits per heavy atom. The number of nitrogens with zero attached hydrogens (tertiary/aromatic N) is 2. The number of primary sulfonamides is 1. The number of sulfonamides is 1. The number of imidazole rings is 1. The highest BCUT2D eigenvalue weighted by atomic mass is 32.2. The van der Waals surface area contributed by atoms with E-state index in [1.165, 1.54) is 6.07 Å². The molecule has 1 amide bonds. The summed E-state index contributed by atoms with van der Waals surface area (Å²) in [6.07, 6.45) is 1.81. The van der Waals surface area contributed by atoms with E-state index in [1.54, 1.807) is 24.0 Å². The third kappa shape index (κ3) is 3.53. The Balaban J connectivity index is 1.58. The molecule has 1 aliphatic rings. The third-order valence-corrected chi connectivity index (χ3v) is 6.30. The van der Waals surface area contributed by atoms with E-state index in [9.17, 15) is 13.2 Å². The number of fused-ring (bicyclic) bond motifs is 1. The van der Waals surface area contributed by atoms with E-state index in [4.69, 9.17) is 5.14 Å². The first-order chi connectivity index (χ1) is 13.3. The lowest BCUT2D eigenvalue weighted by atomic mass is 9.96. The average Bonchev–Trinajstić information content (AvgIpc) is 3.11. The van der Waals surface area contributed by atoms with Crippen LogP contribution in [0.3, 0.4) is 0 Å². The van der Waals surface area contributed by atoms with Gasteiger partial charge >= 0.3 is 0 Å². The zero-order chi connectivity index (χ0) is 19.9. The molecule has 0 aliphatic carbocycles. The number of nitrogens with one attached hydrogen (secondary N) is 1. The summed E-state index contributed by atoms with van der Waals surface area (Å²) in [7, 11) is -3.87. The van der Waals surface area contributed by atoms with Crippen molar-refractivity contribution in [1.29, 1.82) is 0 Å². The number of hydrogen-bond donors (Lipinski definition) is 2. The van der Waals surface area contributed by atoms with Gasteiger partial charge in [-0.15, -0.1) is 0 Å². The number of hydrogen-bond acceptors (Lipinski definition) is 4. The Morgan fingerprint density at radius 2 is 2.04 bits per heavy atom. The smallest absolute Gasteiger partial charge is 0.253 e. The molecule has 0 bridgehead atoms. The summed E-state index contributed by atoms with van der Waals surface area (Å²) >= 11 is 0. The molecular weight excluding hydrogens is 376 g/mol. The van der Waals surface area contributed by atoms with Crippen molar-refractivity contribution in [3.8, 4) is 0 Å². The van der Waals surface area contributed by atoms with Crippen molar-refractivity contribution in [3.63, 3.8) is 0 Å². The number of amides is 1. The number of aryl methyl sites for hydroxylation is 1. The number of piperidine rings is 1. The van der Waals surface area contributed by atoms with Crippen LogP contribution in [-0.2, 0) is 10.0 Å². The number of carbonyl (C=O) groups excluding carboxylic acids is 1. The number of carbonyl (C=O) groups is 1. The predicted octanol–water partition coefficient (Wildman–Crippen LogP) is 2.54. The Hall–Kier alpha value is -2.71. The molecule has 4 rings (SSSR count). The molecule has 0 saturated carbocycles. The molecule has 8 heteroatoms. The summed E-state index contributed by atoms with van der Waals surface area (Å²) in [5, 5.41) is 5.27.